The van der Waals surface area contributed by atoms with Gasteiger partial charge in [0.15, 0.2) is 0 Å². The third-order valence-corrected chi connectivity index (χ3v) is 4.21. The molecule has 98 valence electrons. The molecular formula is C16H22O2. The molecule has 0 aliphatic heterocycles. The molecule has 0 saturated carbocycles. The summed E-state index contributed by atoms with van der Waals surface area (Å²) in [7, 11) is 0. The molecular weight excluding hydrogens is 224 g/mol. The van der Waals surface area contributed by atoms with E-state index >= 15 is 0 Å². The van der Waals surface area contributed by atoms with Crippen LogP contribution in [0.3, 0.4) is 0 Å². The van der Waals surface area contributed by atoms with Crippen LogP contribution in [0.2, 0.25) is 0 Å². The lowest BCUT2D eigenvalue weighted by Crippen LogP contribution is -2.34. The maximum Gasteiger partial charge on any atom is 0.312 e. The highest BCUT2D eigenvalue weighted by Gasteiger charge is 2.40. The number of fused-ring (bicyclic) bond motifs is 1. The SMILES string of the molecule is CCC(C)(C)C(=O)OC1(C)CCc2ccccc21. The van der Waals surface area contributed by atoms with Crippen LogP contribution in [-0.4, -0.2) is 5.97 Å². The minimum absolute atomic E-state index is 0.0933. The molecule has 0 fully saturated rings. The predicted octanol–water partition coefficient (Wildman–Crippen LogP) is 3.83. The topological polar surface area (TPSA) is 26.3 Å². The van der Waals surface area contributed by atoms with E-state index in [0.29, 0.717) is 0 Å². The van der Waals surface area contributed by atoms with E-state index in [2.05, 4.69) is 12.1 Å². The van der Waals surface area contributed by atoms with Gasteiger partial charge in [-0.05, 0) is 51.2 Å². The number of carbonyl (C=O) groups excluding carboxylic acids is 1. The summed E-state index contributed by atoms with van der Waals surface area (Å²) in [6.07, 6.45) is 2.67. The third-order valence-electron chi connectivity index (χ3n) is 4.21. The average Bonchev–Trinajstić information content (AvgIpc) is 2.68. The van der Waals surface area contributed by atoms with Crippen molar-refractivity contribution >= 4 is 5.97 Å². The monoisotopic (exact) mass is 246 g/mol. The highest BCUT2D eigenvalue weighted by molar-refractivity contribution is 5.76. The van der Waals surface area contributed by atoms with Gasteiger partial charge in [-0.2, -0.15) is 0 Å². The maximum atomic E-state index is 12.2. The summed E-state index contributed by atoms with van der Waals surface area (Å²) in [6.45, 7) is 7.94. The fraction of sp³-hybridized carbons (Fsp3) is 0.562. The first kappa shape index (κ1) is 13.1. The summed E-state index contributed by atoms with van der Waals surface area (Å²) >= 11 is 0. The molecule has 0 amide bonds. The zero-order valence-electron chi connectivity index (χ0n) is 11.7. The Morgan fingerprint density at radius 2 is 2.06 bits per heavy atom. The third kappa shape index (κ3) is 2.16. The van der Waals surface area contributed by atoms with Gasteiger partial charge in [0.25, 0.3) is 0 Å². The van der Waals surface area contributed by atoms with E-state index in [9.17, 15) is 4.79 Å². The molecule has 0 heterocycles. The Balaban J connectivity index is 2.23. The molecule has 2 nitrogen and oxygen atoms in total. The summed E-state index contributed by atoms with van der Waals surface area (Å²) in [5.74, 6) is -0.0933. The average molecular weight is 246 g/mol. The van der Waals surface area contributed by atoms with Crippen molar-refractivity contribution in [2.75, 3.05) is 0 Å². The molecule has 18 heavy (non-hydrogen) atoms. The Bertz CT molecular complexity index is 462. The standard InChI is InChI=1S/C16H22O2/c1-5-15(2,3)14(17)18-16(4)11-10-12-8-6-7-9-13(12)16/h6-9H,5,10-11H2,1-4H3. The van der Waals surface area contributed by atoms with E-state index in [1.807, 2.05) is 39.8 Å². The second kappa shape index (κ2) is 4.42. The van der Waals surface area contributed by atoms with Gasteiger partial charge >= 0.3 is 5.97 Å². The molecule has 0 saturated heterocycles. The van der Waals surface area contributed by atoms with Crippen LogP contribution >= 0.6 is 0 Å². The molecule has 0 bridgehead atoms. The Morgan fingerprint density at radius 1 is 1.39 bits per heavy atom. The number of esters is 1. The van der Waals surface area contributed by atoms with E-state index in [1.54, 1.807) is 0 Å². The van der Waals surface area contributed by atoms with Crippen LogP contribution in [0.25, 0.3) is 0 Å². The van der Waals surface area contributed by atoms with E-state index in [-0.39, 0.29) is 5.97 Å². The number of benzene rings is 1. The van der Waals surface area contributed by atoms with Gasteiger partial charge in [-0.25, -0.2) is 0 Å². The predicted molar refractivity (Wildman–Crippen MR) is 72.3 cm³/mol. The molecule has 2 heteroatoms. The lowest BCUT2D eigenvalue weighted by molar-refractivity contribution is -0.170. The lowest BCUT2D eigenvalue weighted by Gasteiger charge is -2.31. The largest absolute Gasteiger partial charge is 0.454 e. The summed E-state index contributed by atoms with van der Waals surface area (Å²) in [4.78, 5) is 12.2. The normalized spacial score (nSPS) is 22.7. The van der Waals surface area contributed by atoms with Gasteiger partial charge in [0.05, 0.1) is 5.41 Å². The number of carbonyl (C=O) groups is 1. The summed E-state index contributed by atoms with van der Waals surface area (Å²) < 4.78 is 5.84. The molecule has 1 aromatic carbocycles. The quantitative estimate of drug-likeness (QED) is 0.758. The van der Waals surface area contributed by atoms with Gasteiger partial charge in [0, 0.05) is 0 Å². The van der Waals surface area contributed by atoms with E-state index in [1.165, 1.54) is 11.1 Å². The fourth-order valence-electron chi connectivity index (χ4n) is 2.36. The molecule has 0 spiro atoms. The van der Waals surface area contributed by atoms with Crippen LogP contribution in [0.1, 0.15) is 51.7 Å². The molecule has 0 N–H and O–H groups in total. The van der Waals surface area contributed by atoms with Crippen molar-refractivity contribution in [3.05, 3.63) is 35.4 Å². The van der Waals surface area contributed by atoms with Gasteiger partial charge in [-0.1, -0.05) is 31.2 Å². The zero-order valence-corrected chi connectivity index (χ0v) is 11.7. The number of hydrogen-bond donors (Lipinski definition) is 0. The smallest absolute Gasteiger partial charge is 0.312 e. The molecule has 0 aromatic heterocycles. The number of hydrogen-bond acceptors (Lipinski definition) is 2. The molecule has 1 aliphatic carbocycles. The van der Waals surface area contributed by atoms with Gasteiger partial charge in [-0.15, -0.1) is 0 Å². The Labute approximate surface area is 109 Å². The molecule has 2 rings (SSSR count). The second-order valence-corrected chi connectivity index (χ2v) is 6.01. The lowest BCUT2D eigenvalue weighted by atomic mass is 9.89. The first-order chi connectivity index (χ1) is 8.39. The Morgan fingerprint density at radius 3 is 2.72 bits per heavy atom. The van der Waals surface area contributed by atoms with Crippen molar-refractivity contribution in [2.24, 2.45) is 5.41 Å². The van der Waals surface area contributed by atoms with Gasteiger partial charge in [0.1, 0.15) is 5.60 Å². The first-order valence-corrected chi connectivity index (χ1v) is 6.71. The van der Waals surface area contributed by atoms with Crippen molar-refractivity contribution in [3.63, 3.8) is 0 Å². The summed E-state index contributed by atoms with van der Waals surface area (Å²) in [6, 6.07) is 8.26. The molecule has 1 atom stereocenters. The summed E-state index contributed by atoms with van der Waals surface area (Å²) in [5, 5.41) is 0. The minimum Gasteiger partial charge on any atom is -0.454 e. The van der Waals surface area contributed by atoms with Gasteiger partial charge in [0.2, 0.25) is 0 Å². The number of rotatable bonds is 3. The highest BCUT2D eigenvalue weighted by atomic mass is 16.6. The highest BCUT2D eigenvalue weighted by Crippen LogP contribution is 2.41. The van der Waals surface area contributed by atoms with Crippen LogP contribution in [0, 0.1) is 5.41 Å². The van der Waals surface area contributed by atoms with E-state index in [4.69, 9.17) is 4.74 Å². The van der Waals surface area contributed by atoms with Crippen LogP contribution in [0.5, 0.6) is 0 Å². The minimum atomic E-state index is -0.444. The van der Waals surface area contributed by atoms with Crippen LogP contribution in [0.15, 0.2) is 24.3 Å². The van der Waals surface area contributed by atoms with Crippen molar-refractivity contribution in [2.45, 2.75) is 52.6 Å². The van der Waals surface area contributed by atoms with Crippen molar-refractivity contribution < 1.29 is 9.53 Å². The second-order valence-electron chi connectivity index (χ2n) is 6.01. The fourth-order valence-corrected chi connectivity index (χ4v) is 2.36. The number of aryl methyl sites for hydroxylation is 1. The van der Waals surface area contributed by atoms with E-state index < -0.39 is 11.0 Å². The van der Waals surface area contributed by atoms with E-state index in [0.717, 1.165) is 19.3 Å². The first-order valence-electron chi connectivity index (χ1n) is 6.71. The molecule has 1 aromatic rings. The van der Waals surface area contributed by atoms with Crippen molar-refractivity contribution in [1.29, 1.82) is 0 Å². The summed E-state index contributed by atoms with van der Waals surface area (Å²) in [5.41, 5.74) is 1.63. The Hall–Kier alpha value is -1.31. The molecule has 1 unspecified atom stereocenters. The van der Waals surface area contributed by atoms with Crippen LogP contribution in [-0.2, 0) is 21.6 Å². The van der Waals surface area contributed by atoms with Crippen molar-refractivity contribution in [1.82, 2.24) is 0 Å². The molecule has 1 aliphatic rings. The van der Waals surface area contributed by atoms with Gasteiger partial charge in [-0.3, -0.25) is 4.79 Å². The van der Waals surface area contributed by atoms with Crippen molar-refractivity contribution in [3.8, 4) is 0 Å². The van der Waals surface area contributed by atoms with Crippen LogP contribution < -0.4 is 0 Å². The Kier molecular flexibility index (Phi) is 3.22. The zero-order chi connectivity index (χ0) is 13.4. The van der Waals surface area contributed by atoms with Gasteiger partial charge < -0.3 is 4.74 Å². The number of ether oxygens (including phenoxy) is 1. The maximum absolute atomic E-state index is 12.2. The van der Waals surface area contributed by atoms with Crippen LogP contribution in [0.4, 0.5) is 0 Å². The molecule has 0 radical (unpaired) electrons.